The third-order valence-corrected chi connectivity index (χ3v) is 4.94. The first-order valence-electron chi connectivity index (χ1n) is 7.90. The Balaban J connectivity index is 2.04. The topological polar surface area (TPSA) is 75.4 Å². The molecule has 0 unspecified atom stereocenters. The molecule has 0 spiro atoms. The van der Waals surface area contributed by atoms with E-state index in [1.54, 1.807) is 13.0 Å². The summed E-state index contributed by atoms with van der Waals surface area (Å²) in [7, 11) is 0. The van der Waals surface area contributed by atoms with Crippen LogP contribution in [0.1, 0.15) is 22.9 Å². The van der Waals surface area contributed by atoms with E-state index in [0.717, 1.165) is 15.6 Å². The van der Waals surface area contributed by atoms with E-state index in [1.165, 1.54) is 0 Å². The Bertz CT molecular complexity index is 925. The Morgan fingerprint density at radius 3 is 2.62 bits per heavy atom. The lowest BCUT2D eigenvalue weighted by Gasteiger charge is -2.18. The Morgan fingerprint density at radius 1 is 1.27 bits per heavy atom. The summed E-state index contributed by atoms with van der Waals surface area (Å²) in [4.78, 5) is 11.4. The molecule has 1 atom stereocenters. The third-order valence-electron chi connectivity index (χ3n) is 4.04. The first-order chi connectivity index (χ1) is 12.5. The van der Waals surface area contributed by atoms with Gasteiger partial charge in [-0.15, -0.1) is 0 Å². The molecule has 0 aliphatic rings. The second-order valence-corrected chi connectivity index (χ2v) is 7.14. The summed E-state index contributed by atoms with van der Waals surface area (Å²) in [6.07, 6.45) is -0.734. The zero-order valence-electron chi connectivity index (χ0n) is 13.9. The molecule has 0 aliphatic heterocycles. The number of rotatable bonds is 5. The number of benzene rings is 2. The van der Waals surface area contributed by atoms with Crippen LogP contribution in [-0.2, 0) is 6.42 Å². The van der Waals surface area contributed by atoms with Gasteiger partial charge in [-0.3, -0.25) is 0 Å². The Hall–Kier alpha value is -2.31. The van der Waals surface area contributed by atoms with E-state index in [-0.39, 0.29) is 0 Å². The number of hydrogen-bond donors (Lipinski definition) is 2. The summed E-state index contributed by atoms with van der Waals surface area (Å²) in [5.41, 5.74) is 3.00. The predicted molar refractivity (Wildman–Crippen MR) is 103 cm³/mol. The van der Waals surface area contributed by atoms with Crippen molar-refractivity contribution in [2.45, 2.75) is 19.4 Å². The number of aromatic nitrogens is 1. The number of hydrogen-bond acceptors (Lipinski definition) is 3. The third kappa shape index (κ3) is 4.08. The molecule has 134 valence electrons. The summed E-state index contributed by atoms with van der Waals surface area (Å²) >= 11 is 9.67. The van der Waals surface area contributed by atoms with Gasteiger partial charge in [0.1, 0.15) is 0 Å². The quantitative estimate of drug-likeness (QED) is 0.545. The van der Waals surface area contributed by atoms with Crippen molar-refractivity contribution in [1.29, 1.82) is 0 Å². The van der Waals surface area contributed by atoms with Gasteiger partial charge in [-0.1, -0.05) is 63.0 Å². The summed E-state index contributed by atoms with van der Waals surface area (Å²) in [5, 5.41) is 16.5. The maximum atomic E-state index is 11.4. The van der Waals surface area contributed by atoms with Gasteiger partial charge in [0.15, 0.2) is 5.76 Å². The van der Waals surface area contributed by atoms with Gasteiger partial charge in [0, 0.05) is 20.6 Å². The predicted octanol–water partition coefficient (Wildman–Crippen LogP) is 5.62. The molecular formula is C19H16BrClN2O3. The normalized spacial score (nSPS) is 12.0. The van der Waals surface area contributed by atoms with Gasteiger partial charge in [-0.2, -0.15) is 0 Å². The number of amides is 1. The number of halogens is 2. The summed E-state index contributed by atoms with van der Waals surface area (Å²) < 4.78 is 6.46. The van der Waals surface area contributed by atoms with E-state index in [9.17, 15) is 9.90 Å². The fourth-order valence-electron chi connectivity index (χ4n) is 2.85. The molecule has 0 aliphatic carbocycles. The maximum absolute atomic E-state index is 11.4. The Kier molecular flexibility index (Phi) is 5.64. The SMILES string of the molecule is Cc1noc(-c2ccc(Br)cc2)c1[C@@H](Cc1ccccc1Cl)NC(=O)O. The highest BCUT2D eigenvalue weighted by Crippen LogP contribution is 2.34. The molecule has 2 aromatic carbocycles. The van der Waals surface area contributed by atoms with Gasteiger partial charge in [-0.05, 0) is 37.1 Å². The van der Waals surface area contributed by atoms with Gasteiger partial charge >= 0.3 is 6.09 Å². The monoisotopic (exact) mass is 434 g/mol. The summed E-state index contributed by atoms with van der Waals surface area (Å²) in [6.45, 7) is 1.80. The van der Waals surface area contributed by atoms with Gasteiger partial charge < -0.3 is 14.9 Å². The van der Waals surface area contributed by atoms with Gasteiger partial charge in [0.2, 0.25) is 0 Å². The van der Waals surface area contributed by atoms with E-state index in [2.05, 4.69) is 26.4 Å². The molecule has 1 amide bonds. The lowest BCUT2D eigenvalue weighted by atomic mass is 9.95. The van der Waals surface area contributed by atoms with E-state index < -0.39 is 12.1 Å². The number of carbonyl (C=O) groups is 1. The fourth-order valence-corrected chi connectivity index (χ4v) is 3.33. The molecular weight excluding hydrogens is 420 g/mol. The first kappa shape index (κ1) is 18.5. The van der Waals surface area contributed by atoms with E-state index in [0.29, 0.717) is 28.5 Å². The molecule has 0 fully saturated rings. The second-order valence-electron chi connectivity index (χ2n) is 5.82. The number of aryl methyl sites for hydroxylation is 1. The van der Waals surface area contributed by atoms with Gasteiger partial charge in [0.05, 0.1) is 11.7 Å². The van der Waals surface area contributed by atoms with Crippen LogP contribution in [0.3, 0.4) is 0 Å². The summed E-state index contributed by atoms with van der Waals surface area (Å²) in [5.74, 6) is 0.542. The van der Waals surface area contributed by atoms with Crippen molar-refractivity contribution in [2.24, 2.45) is 0 Å². The van der Waals surface area contributed by atoms with Crippen molar-refractivity contribution in [1.82, 2.24) is 10.5 Å². The number of nitrogens with zero attached hydrogens (tertiary/aromatic N) is 1. The average Bonchev–Trinajstić information content (AvgIpc) is 2.98. The minimum Gasteiger partial charge on any atom is -0.465 e. The minimum absolute atomic E-state index is 0.386. The number of nitrogens with one attached hydrogen (secondary N) is 1. The van der Waals surface area contributed by atoms with Crippen molar-refractivity contribution < 1.29 is 14.4 Å². The smallest absolute Gasteiger partial charge is 0.405 e. The molecule has 0 saturated carbocycles. The molecule has 2 N–H and O–H groups in total. The highest BCUT2D eigenvalue weighted by molar-refractivity contribution is 9.10. The summed E-state index contributed by atoms with van der Waals surface area (Å²) in [6, 6.07) is 14.4. The molecule has 7 heteroatoms. The zero-order valence-corrected chi connectivity index (χ0v) is 16.2. The Morgan fingerprint density at radius 2 is 1.96 bits per heavy atom. The van der Waals surface area contributed by atoms with Crippen LogP contribution in [0.25, 0.3) is 11.3 Å². The van der Waals surface area contributed by atoms with Crippen LogP contribution in [0.15, 0.2) is 57.5 Å². The molecule has 26 heavy (non-hydrogen) atoms. The molecule has 1 aromatic heterocycles. The fraction of sp³-hybridized carbons (Fsp3) is 0.158. The highest BCUT2D eigenvalue weighted by Gasteiger charge is 2.26. The van der Waals surface area contributed by atoms with Crippen LogP contribution in [0.2, 0.25) is 5.02 Å². The number of carboxylic acid groups (broad SMARTS) is 1. The maximum Gasteiger partial charge on any atom is 0.405 e. The average molecular weight is 436 g/mol. The van der Waals surface area contributed by atoms with Crippen molar-refractivity contribution >= 4 is 33.6 Å². The molecule has 3 aromatic rings. The Labute approximate surface area is 164 Å². The van der Waals surface area contributed by atoms with Crippen LogP contribution in [0, 0.1) is 6.92 Å². The van der Waals surface area contributed by atoms with Gasteiger partial charge in [0.25, 0.3) is 0 Å². The standard InChI is InChI=1S/C19H16BrClN2O3/c1-11-17(18(26-23-11)12-6-8-14(20)9-7-12)16(22-19(24)25)10-13-4-2-3-5-15(13)21/h2-9,16,22H,10H2,1H3,(H,24,25)/t16-/m1/s1. The van der Waals surface area contributed by atoms with E-state index in [4.69, 9.17) is 16.1 Å². The lowest BCUT2D eigenvalue weighted by Crippen LogP contribution is -2.29. The molecule has 0 saturated heterocycles. The van der Waals surface area contributed by atoms with Crippen LogP contribution in [-0.4, -0.2) is 16.4 Å². The van der Waals surface area contributed by atoms with E-state index in [1.807, 2.05) is 42.5 Å². The highest BCUT2D eigenvalue weighted by atomic mass is 79.9. The van der Waals surface area contributed by atoms with Crippen molar-refractivity contribution in [3.8, 4) is 11.3 Å². The largest absolute Gasteiger partial charge is 0.465 e. The van der Waals surface area contributed by atoms with Gasteiger partial charge in [-0.25, -0.2) is 4.79 Å². The van der Waals surface area contributed by atoms with E-state index >= 15 is 0 Å². The van der Waals surface area contributed by atoms with Crippen LogP contribution in [0.5, 0.6) is 0 Å². The molecule has 0 bridgehead atoms. The minimum atomic E-state index is -1.12. The van der Waals surface area contributed by atoms with Crippen LogP contribution < -0.4 is 5.32 Å². The van der Waals surface area contributed by atoms with Crippen LogP contribution >= 0.6 is 27.5 Å². The lowest BCUT2D eigenvalue weighted by molar-refractivity contribution is 0.190. The zero-order chi connectivity index (χ0) is 18.7. The van der Waals surface area contributed by atoms with Crippen molar-refractivity contribution in [3.63, 3.8) is 0 Å². The molecule has 5 nitrogen and oxygen atoms in total. The van der Waals surface area contributed by atoms with Crippen LogP contribution in [0.4, 0.5) is 4.79 Å². The molecule has 3 rings (SSSR count). The molecule has 0 radical (unpaired) electrons. The first-order valence-corrected chi connectivity index (χ1v) is 9.07. The van der Waals surface area contributed by atoms with Crippen molar-refractivity contribution in [2.75, 3.05) is 0 Å². The molecule has 1 heterocycles. The second kappa shape index (κ2) is 7.93. The van der Waals surface area contributed by atoms with Crippen molar-refractivity contribution in [3.05, 3.63) is 74.8 Å².